The second-order valence-electron chi connectivity index (χ2n) is 7.00. The first-order valence-corrected chi connectivity index (χ1v) is 9.84. The molecule has 0 fully saturated rings. The third-order valence-electron chi connectivity index (χ3n) is 4.49. The Morgan fingerprint density at radius 2 is 1.79 bits per heavy atom. The van der Waals surface area contributed by atoms with Crippen LogP contribution in [0.2, 0.25) is 5.02 Å². The molecule has 0 aromatic heterocycles. The molecule has 2 rings (SSSR count). The second-order valence-corrected chi connectivity index (χ2v) is 7.43. The summed E-state index contributed by atoms with van der Waals surface area (Å²) in [4.78, 5) is 17.6. The van der Waals surface area contributed by atoms with Crippen molar-refractivity contribution in [2.45, 2.75) is 26.2 Å². The molecule has 3 N–H and O–H groups in total. The van der Waals surface area contributed by atoms with Gasteiger partial charge in [-0.25, -0.2) is 0 Å². The van der Waals surface area contributed by atoms with Crippen molar-refractivity contribution in [3.63, 3.8) is 0 Å². The number of Topliss-reactive ketones (excluding diaryl/α,β-unsaturated/α-hetero) is 1. The zero-order valence-electron chi connectivity index (χ0n) is 16.6. The summed E-state index contributed by atoms with van der Waals surface area (Å²) in [6.45, 7) is 5.80. The Morgan fingerprint density at radius 1 is 1.17 bits per heavy atom. The van der Waals surface area contributed by atoms with E-state index in [4.69, 9.17) is 27.3 Å². The van der Waals surface area contributed by atoms with Crippen molar-refractivity contribution in [2.75, 3.05) is 13.2 Å². The van der Waals surface area contributed by atoms with E-state index in [-0.39, 0.29) is 37.2 Å². The van der Waals surface area contributed by atoms with Crippen LogP contribution in [-0.2, 0) is 22.5 Å². The number of nitrogens with zero attached hydrogens (tertiary/aromatic N) is 1. The molecule has 29 heavy (non-hydrogen) atoms. The third-order valence-corrected chi connectivity index (χ3v) is 4.74. The largest absolute Gasteiger partial charge is 0.393 e. The zero-order valence-corrected chi connectivity index (χ0v) is 17.4. The maximum absolute atomic E-state index is 12.6. The number of nitrogens with two attached hydrogens (primary N) is 1. The highest BCUT2D eigenvalue weighted by Crippen LogP contribution is 2.19. The molecule has 0 aliphatic carbocycles. The molecule has 2 aromatic rings. The summed E-state index contributed by atoms with van der Waals surface area (Å²) in [5.41, 5.74) is 10.1. The Balaban J connectivity index is 2.10. The van der Waals surface area contributed by atoms with Gasteiger partial charge in [0.05, 0.1) is 6.61 Å². The summed E-state index contributed by atoms with van der Waals surface area (Å²) in [7, 11) is 0. The lowest BCUT2D eigenvalue weighted by molar-refractivity contribution is -0.118. The number of rotatable bonds is 11. The quantitative estimate of drug-likeness (QED) is 0.252. The highest BCUT2D eigenvalue weighted by Gasteiger charge is 2.20. The molecule has 0 amide bonds. The van der Waals surface area contributed by atoms with E-state index >= 15 is 0 Å². The Hall–Kier alpha value is -2.63. The van der Waals surface area contributed by atoms with E-state index in [1.165, 1.54) is 0 Å². The number of aliphatic hydroxyl groups excluding tert-OH is 1. The second kappa shape index (κ2) is 11.4. The standard InChI is InChI=1S/C23H27ClN2O3/c1-16(2)19-7-3-17(4-8-19)13-20(23(25)26-29-12-11-27)15-22(28)14-18-5-9-21(24)10-6-18/h3-10,20,27H,1,11-15H2,2H3,(H2,25,26)/t20-/m1/s1. The molecule has 0 bridgehead atoms. The fourth-order valence-corrected chi connectivity index (χ4v) is 3.03. The van der Waals surface area contributed by atoms with Gasteiger partial charge in [-0.15, -0.1) is 0 Å². The fourth-order valence-electron chi connectivity index (χ4n) is 2.90. The maximum atomic E-state index is 12.6. The Bertz CT molecular complexity index is 845. The first-order chi connectivity index (χ1) is 13.9. The predicted octanol–water partition coefficient (Wildman–Crippen LogP) is 4.01. The van der Waals surface area contributed by atoms with E-state index in [0.717, 1.165) is 22.3 Å². The molecule has 154 valence electrons. The molecule has 1 atom stereocenters. The number of ketones is 1. The molecule has 0 aliphatic rings. The van der Waals surface area contributed by atoms with Crippen molar-refractivity contribution in [1.29, 1.82) is 0 Å². The van der Waals surface area contributed by atoms with Gasteiger partial charge in [0.2, 0.25) is 0 Å². The van der Waals surface area contributed by atoms with Crippen molar-refractivity contribution in [2.24, 2.45) is 16.8 Å². The van der Waals surface area contributed by atoms with Crippen molar-refractivity contribution in [3.05, 3.63) is 76.8 Å². The van der Waals surface area contributed by atoms with Crippen LogP contribution in [0.1, 0.15) is 30.0 Å². The van der Waals surface area contributed by atoms with Crippen LogP contribution in [0.25, 0.3) is 5.57 Å². The van der Waals surface area contributed by atoms with Gasteiger partial charge in [0.15, 0.2) is 0 Å². The molecule has 0 aliphatic heterocycles. The lowest BCUT2D eigenvalue weighted by Gasteiger charge is -2.16. The van der Waals surface area contributed by atoms with Crippen LogP contribution in [-0.4, -0.2) is 29.9 Å². The first-order valence-electron chi connectivity index (χ1n) is 9.46. The maximum Gasteiger partial charge on any atom is 0.143 e. The minimum Gasteiger partial charge on any atom is -0.393 e. The van der Waals surface area contributed by atoms with E-state index in [0.29, 0.717) is 17.9 Å². The SMILES string of the molecule is C=C(C)c1ccc(C[C@H](CC(=O)Cc2ccc(Cl)cc2)/C(N)=N/OCCO)cc1. The Labute approximate surface area is 176 Å². The van der Waals surface area contributed by atoms with E-state index in [1.54, 1.807) is 12.1 Å². The normalized spacial score (nSPS) is 12.4. The number of carbonyl (C=O) groups excluding carboxylic acids is 1. The first kappa shape index (κ1) is 22.7. The number of amidine groups is 1. The Morgan fingerprint density at radius 3 is 2.38 bits per heavy atom. The average Bonchev–Trinajstić information content (AvgIpc) is 2.69. The highest BCUT2D eigenvalue weighted by molar-refractivity contribution is 6.30. The van der Waals surface area contributed by atoms with Crippen LogP contribution in [0.5, 0.6) is 0 Å². The van der Waals surface area contributed by atoms with Crippen LogP contribution in [0.15, 0.2) is 60.3 Å². The van der Waals surface area contributed by atoms with Crippen molar-refractivity contribution < 1.29 is 14.7 Å². The van der Waals surface area contributed by atoms with Crippen LogP contribution in [0, 0.1) is 5.92 Å². The highest BCUT2D eigenvalue weighted by atomic mass is 35.5. The zero-order chi connectivity index (χ0) is 21.2. The molecule has 2 aromatic carbocycles. The molecular weight excluding hydrogens is 388 g/mol. The van der Waals surface area contributed by atoms with Gasteiger partial charge in [0, 0.05) is 23.8 Å². The average molecular weight is 415 g/mol. The summed E-state index contributed by atoms with van der Waals surface area (Å²) in [6, 6.07) is 15.2. The van der Waals surface area contributed by atoms with Gasteiger partial charge in [-0.3, -0.25) is 4.79 Å². The number of benzene rings is 2. The summed E-state index contributed by atoms with van der Waals surface area (Å²) in [5.74, 6) is -0.00718. The molecule has 6 heteroatoms. The topological polar surface area (TPSA) is 84.9 Å². The molecule has 0 spiro atoms. The molecule has 0 saturated carbocycles. The number of oxime groups is 1. The number of allylic oxidation sites excluding steroid dienone is 1. The molecule has 0 radical (unpaired) electrons. The van der Waals surface area contributed by atoms with E-state index in [1.807, 2.05) is 43.3 Å². The number of aliphatic hydroxyl groups is 1. The van der Waals surface area contributed by atoms with Gasteiger partial charge < -0.3 is 15.7 Å². The molecular formula is C23H27ClN2O3. The predicted molar refractivity (Wildman–Crippen MR) is 118 cm³/mol. The van der Waals surface area contributed by atoms with Gasteiger partial charge in [-0.05, 0) is 42.2 Å². The van der Waals surface area contributed by atoms with Gasteiger partial charge in [-0.2, -0.15) is 0 Å². The number of hydrogen-bond donors (Lipinski definition) is 2. The van der Waals surface area contributed by atoms with Crippen LogP contribution in [0.4, 0.5) is 0 Å². The number of carbonyl (C=O) groups is 1. The van der Waals surface area contributed by atoms with Crippen molar-refractivity contribution in [3.8, 4) is 0 Å². The smallest absolute Gasteiger partial charge is 0.143 e. The fraction of sp³-hybridized carbons (Fsp3) is 0.304. The molecule has 0 heterocycles. The van der Waals surface area contributed by atoms with Gasteiger partial charge >= 0.3 is 0 Å². The summed E-state index contributed by atoms with van der Waals surface area (Å²) in [6.07, 6.45) is 1.09. The van der Waals surface area contributed by atoms with Crippen LogP contribution in [0.3, 0.4) is 0 Å². The van der Waals surface area contributed by atoms with Crippen molar-refractivity contribution >= 4 is 28.8 Å². The number of halogens is 1. The molecule has 0 unspecified atom stereocenters. The Kier molecular flexibility index (Phi) is 8.90. The van der Waals surface area contributed by atoms with E-state index in [9.17, 15) is 4.79 Å². The van der Waals surface area contributed by atoms with Gasteiger partial charge in [0.1, 0.15) is 18.2 Å². The summed E-state index contributed by atoms with van der Waals surface area (Å²) in [5, 5.41) is 13.4. The monoisotopic (exact) mass is 414 g/mol. The summed E-state index contributed by atoms with van der Waals surface area (Å²) < 4.78 is 0. The third kappa shape index (κ3) is 7.72. The lowest BCUT2D eigenvalue weighted by Crippen LogP contribution is -2.29. The van der Waals surface area contributed by atoms with Crippen molar-refractivity contribution in [1.82, 2.24) is 0 Å². The van der Waals surface area contributed by atoms with Crippen LogP contribution < -0.4 is 5.73 Å². The minimum atomic E-state index is -0.302. The summed E-state index contributed by atoms with van der Waals surface area (Å²) >= 11 is 5.90. The lowest BCUT2D eigenvalue weighted by atomic mass is 9.91. The minimum absolute atomic E-state index is 0.0520. The molecule has 0 saturated heterocycles. The van der Waals surface area contributed by atoms with Gasteiger partial charge in [0.25, 0.3) is 0 Å². The van der Waals surface area contributed by atoms with Crippen LogP contribution >= 0.6 is 11.6 Å². The number of hydrogen-bond acceptors (Lipinski definition) is 4. The van der Waals surface area contributed by atoms with Gasteiger partial charge in [-0.1, -0.05) is 65.3 Å². The van der Waals surface area contributed by atoms with E-state index in [2.05, 4.69) is 11.7 Å². The van der Waals surface area contributed by atoms with E-state index < -0.39 is 0 Å². The molecule has 5 nitrogen and oxygen atoms in total.